The number of anilines is 1. The summed E-state index contributed by atoms with van der Waals surface area (Å²) in [5.74, 6) is -1.38. The summed E-state index contributed by atoms with van der Waals surface area (Å²) in [5.41, 5.74) is 1.92. The van der Waals surface area contributed by atoms with E-state index in [9.17, 15) is 9.59 Å². The number of aryl methyl sites for hydroxylation is 2. The Balaban J connectivity index is 1.58. The number of hydrogen-bond donors (Lipinski definition) is 0. The van der Waals surface area contributed by atoms with Crippen LogP contribution in [0.2, 0.25) is 0 Å². The number of carbonyl (C=O) groups is 1. The largest absolute Gasteiger partial charge is 0.355 e. The van der Waals surface area contributed by atoms with Crippen LogP contribution in [0.3, 0.4) is 0 Å². The van der Waals surface area contributed by atoms with Crippen LogP contribution in [-0.2, 0) is 17.8 Å². The summed E-state index contributed by atoms with van der Waals surface area (Å²) in [5, 5.41) is 5.48. The van der Waals surface area contributed by atoms with Crippen molar-refractivity contribution in [3.63, 3.8) is 0 Å². The van der Waals surface area contributed by atoms with Crippen molar-refractivity contribution in [1.82, 2.24) is 34.2 Å². The van der Waals surface area contributed by atoms with Gasteiger partial charge in [0.1, 0.15) is 17.3 Å². The molecule has 0 unspecified atom stereocenters. The van der Waals surface area contributed by atoms with Crippen LogP contribution in [0, 0.1) is 11.6 Å². The molecule has 2 bridgehead atoms. The van der Waals surface area contributed by atoms with Gasteiger partial charge in [-0.15, -0.1) is 0 Å². The van der Waals surface area contributed by atoms with Crippen LogP contribution in [-0.4, -0.2) is 65.3 Å². The molecule has 1 fully saturated rings. The number of rotatable bonds is 3. The molecule has 12 heteroatoms. The van der Waals surface area contributed by atoms with E-state index in [1.54, 1.807) is 28.0 Å². The van der Waals surface area contributed by atoms with Gasteiger partial charge in [-0.3, -0.25) is 14.5 Å². The first-order valence-corrected chi connectivity index (χ1v) is 16.0. The van der Waals surface area contributed by atoms with E-state index in [1.165, 1.54) is 22.8 Å². The van der Waals surface area contributed by atoms with Crippen LogP contribution >= 0.6 is 0 Å². The molecule has 1 amide bonds. The molecule has 5 aromatic rings. The molecule has 0 radical (unpaired) electrons. The molecule has 242 valence electrons. The second-order valence-electron chi connectivity index (χ2n) is 12.8. The number of benzene rings is 1. The second kappa shape index (κ2) is 11.7. The van der Waals surface area contributed by atoms with Crippen molar-refractivity contribution in [3.05, 3.63) is 82.7 Å². The molecule has 7 rings (SSSR count). The van der Waals surface area contributed by atoms with Crippen LogP contribution in [0.5, 0.6) is 0 Å². The van der Waals surface area contributed by atoms with Gasteiger partial charge in [0.05, 0.1) is 34.0 Å². The molecule has 2 atom stereocenters. The molecule has 1 aromatic carbocycles. The van der Waals surface area contributed by atoms with Gasteiger partial charge in [0.25, 0.3) is 0 Å². The van der Waals surface area contributed by atoms with E-state index in [2.05, 4.69) is 21.6 Å². The van der Waals surface area contributed by atoms with Crippen molar-refractivity contribution >= 4 is 33.7 Å². The summed E-state index contributed by atoms with van der Waals surface area (Å²) < 4.78 is 35.5. The standard InChI is InChI=1S/C35H36F2N8O2/c1-6-27(46)42-17-21(5)43(18-20(42)4)33-24-15-26(37)30-28-25(36)11-10-23-16-39-44(31(23)28)14-8-7-9-22-12-13-38-29(19(2)3)32(22)45(34(24)40-30)35(47)41-33/h6,10-13,15-16,19-21H,1,7-9,14,17-18H2,2-5H3/t20-,21+/m1/s1. The topological polar surface area (TPSA) is 102 Å². The maximum Gasteiger partial charge on any atom is 0.355 e. The van der Waals surface area contributed by atoms with Crippen molar-refractivity contribution in [1.29, 1.82) is 0 Å². The number of pyridine rings is 2. The Kier molecular flexibility index (Phi) is 7.60. The summed E-state index contributed by atoms with van der Waals surface area (Å²) in [6.45, 7) is 12.7. The molecular formula is C35H36F2N8O2. The lowest BCUT2D eigenvalue weighted by atomic mass is 10.00. The Hall–Kier alpha value is -5.00. The molecule has 0 aliphatic carbocycles. The van der Waals surface area contributed by atoms with Gasteiger partial charge >= 0.3 is 5.69 Å². The number of piperazine rings is 1. The first-order chi connectivity index (χ1) is 22.6. The lowest BCUT2D eigenvalue weighted by Gasteiger charge is -2.44. The van der Waals surface area contributed by atoms with Crippen molar-refractivity contribution in [3.8, 4) is 16.9 Å². The summed E-state index contributed by atoms with van der Waals surface area (Å²) in [6, 6.07) is 5.62. The van der Waals surface area contributed by atoms with E-state index in [4.69, 9.17) is 4.98 Å². The second-order valence-corrected chi connectivity index (χ2v) is 12.8. The first-order valence-electron chi connectivity index (χ1n) is 16.0. The zero-order chi connectivity index (χ0) is 33.1. The van der Waals surface area contributed by atoms with Crippen LogP contribution in [0.25, 0.3) is 38.9 Å². The van der Waals surface area contributed by atoms with E-state index in [0.717, 1.165) is 18.4 Å². The van der Waals surface area contributed by atoms with Crippen LogP contribution in [0.4, 0.5) is 14.6 Å². The normalized spacial score (nSPS) is 18.3. The van der Waals surface area contributed by atoms with Crippen molar-refractivity contribution in [2.24, 2.45) is 0 Å². The number of aromatic nitrogens is 6. The SMILES string of the molecule is C=CC(=O)N1C[C@H](C)N(c2nc(=O)n3c4nc(c(F)cc24)-c2c(F)ccc4cnn(c24)CCCCc2ccnc(C(C)C)c2-3)C[C@H]1C. The van der Waals surface area contributed by atoms with Gasteiger partial charge in [-0.2, -0.15) is 10.1 Å². The maximum absolute atomic E-state index is 16.5. The van der Waals surface area contributed by atoms with Gasteiger partial charge in [-0.25, -0.2) is 23.1 Å². The predicted molar refractivity (Wildman–Crippen MR) is 177 cm³/mol. The number of carbonyl (C=O) groups excluding carboxylic acids is 1. The highest BCUT2D eigenvalue weighted by molar-refractivity contribution is 5.96. The molecular weight excluding hydrogens is 602 g/mol. The lowest BCUT2D eigenvalue weighted by Crippen LogP contribution is -2.58. The number of amides is 1. The summed E-state index contributed by atoms with van der Waals surface area (Å²) in [7, 11) is 0. The molecule has 0 N–H and O–H groups in total. The Morgan fingerprint density at radius 1 is 1.06 bits per heavy atom. The Bertz CT molecular complexity index is 2140. The third-order valence-corrected chi connectivity index (χ3v) is 9.38. The zero-order valence-electron chi connectivity index (χ0n) is 26.9. The molecule has 6 heterocycles. The highest BCUT2D eigenvalue weighted by atomic mass is 19.1. The monoisotopic (exact) mass is 638 g/mol. The fraction of sp³-hybridized carbons (Fsp3) is 0.371. The van der Waals surface area contributed by atoms with Crippen LogP contribution < -0.4 is 10.6 Å². The average molecular weight is 639 g/mol. The Labute approximate surface area is 270 Å². The quantitative estimate of drug-likeness (QED) is 0.239. The molecule has 2 aliphatic rings. The summed E-state index contributed by atoms with van der Waals surface area (Å²) in [6.07, 6.45) is 6.79. The highest BCUT2D eigenvalue weighted by Crippen LogP contribution is 2.37. The number of halogens is 2. The zero-order valence-corrected chi connectivity index (χ0v) is 26.9. The van der Waals surface area contributed by atoms with E-state index >= 15 is 8.78 Å². The molecule has 4 aromatic heterocycles. The highest BCUT2D eigenvalue weighted by Gasteiger charge is 2.34. The molecule has 10 nitrogen and oxygen atoms in total. The lowest BCUT2D eigenvalue weighted by molar-refractivity contribution is -0.128. The fourth-order valence-electron chi connectivity index (χ4n) is 7.07. The van der Waals surface area contributed by atoms with E-state index in [-0.39, 0.29) is 46.6 Å². The van der Waals surface area contributed by atoms with Gasteiger partial charge in [-0.05, 0) is 74.9 Å². The van der Waals surface area contributed by atoms with Gasteiger partial charge in [0.2, 0.25) is 5.91 Å². The third kappa shape index (κ3) is 4.97. The van der Waals surface area contributed by atoms with Crippen molar-refractivity contribution in [2.75, 3.05) is 18.0 Å². The molecule has 47 heavy (non-hydrogen) atoms. The van der Waals surface area contributed by atoms with E-state index < -0.39 is 17.3 Å². The van der Waals surface area contributed by atoms with Gasteiger partial charge in [0.15, 0.2) is 11.5 Å². The molecule has 0 saturated carbocycles. The van der Waals surface area contributed by atoms with Crippen molar-refractivity contribution in [2.45, 2.75) is 71.5 Å². The van der Waals surface area contributed by atoms with Gasteiger partial charge in [-0.1, -0.05) is 20.4 Å². The smallest absolute Gasteiger partial charge is 0.349 e. The van der Waals surface area contributed by atoms with Gasteiger partial charge in [0, 0.05) is 43.3 Å². The number of fused-ring (bicyclic) bond motifs is 4. The fourth-order valence-corrected chi connectivity index (χ4v) is 7.07. The maximum atomic E-state index is 16.5. The molecule has 1 saturated heterocycles. The average Bonchev–Trinajstić information content (AvgIpc) is 3.46. The first kappa shape index (κ1) is 30.6. The summed E-state index contributed by atoms with van der Waals surface area (Å²) >= 11 is 0. The minimum Gasteiger partial charge on any atom is -0.349 e. The Morgan fingerprint density at radius 3 is 2.64 bits per heavy atom. The van der Waals surface area contributed by atoms with E-state index in [0.29, 0.717) is 53.7 Å². The third-order valence-electron chi connectivity index (χ3n) is 9.38. The predicted octanol–water partition coefficient (Wildman–Crippen LogP) is 5.54. The number of nitrogens with zero attached hydrogens (tertiary/aromatic N) is 8. The van der Waals surface area contributed by atoms with Crippen LogP contribution in [0.15, 0.2) is 54.1 Å². The Morgan fingerprint density at radius 2 is 1.87 bits per heavy atom. The molecule has 0 spiro atoms. The summed E-state index contributed by atoms with van der Waals surface area (Å²) in [4.78, 5) is 44.7. The molecule has 2 aliphatic heterocycles. The number of hydrogen-bond acceptors (Lipinski definition) is 7. The van der Waals surface area contributed by atoms with Crippen molar-refractivity contribution < 1.29 is 13.6 Å². The minimum absolute atomic E-state index is 0.00922. The minimum atomic E-state index is -0.753. The van der Waals surface area contributed by atoms with Crippen LogP contribution in [0.1, 0.15) is 57.7 Å². The van der Waals surface area contributed by atoms with Gasteiger partial charge < -0.3 is 9.80 Å². The van der Waals surface area contributed by atoms with E-state index in [1.807, 2.05) is 38.7 Å².